The molecular formula is C20H26N2O4. The maximum absolute atomic E-state index is 12.2. The number of benzene rings is 1. The van der Waals surface area contributed by atoms with Crippen LogP contribution >= 0.6 is 0 Å². The lowest BCUT2D eigenvalue weighted by Crippen LogP contribution is -2.35. The smallest absolute Gasteiger partial charge is 0.377 e. The second-order valence-electron chi connectivity index (χ2n) is 7.02. The molecule has 1 aromatic carbocycles. The van der Waals surface area contributed by atoms with Crippen LogP contribution in [0, 0.1) is 12.8 Å². The highest BCUT2D eigenvalue weighted by Crippen LogP contribution is 2.24. The number of aromatic nitrogens is 1. The van der Waals surface area contributed by atoms with Gasteiger partial charge in [0.25, 0.3) is 5.91 Å². The van der Waals surface area contributed by atoms with Crippen molar-refractivity contribution in [1.29, 1.82) is 0 Å². The van der Waals surface area contributed by atoms with Crippen molar-refractivity contribution in [1.82, 2.24) is 10.5 Å². The molecule has 1 heterocycles. The van der Waals surface area contributed by atoms with Crippen LogP contribution in [0.2, 0.25) is 0 Å². The molecule has 0 aliphatic carbocycles. The summed E-state index contributed by atoms with van der Waals surface area (Å²) in [6.45, 7) is 9.67. The zero-order valence-corrected chi connectivity index (χ0v) is 15.9. The van der Waals surface area contributed by atoms with Crippen LogP contribution in [0.1, 0.15) is 67.0 Å². The van der Waals surface area contributed by atoms with Gasteiger partial charge in [-0.3, -0.25) is 4.79 Å². The molecule has 1 aromatic heterocycles. The molecule has 1 N–H and O–H groups in total. The van der Waals surface area contributed by atoms with Crippen LogP contribution in [0.15, 0.2) is 34.9 Å². The van der Waals surface area contributed by atoms with E-state index in [9.17, 15) is 9.59 Å². The van der Waals surface area contributed by atoms with Crippen molar-refractivity contribution in [2.45, 2.75) is 46.6 Å². The molecule has 0 fully saturated rings. The Hall–Kier alpha value is -2.63. The van der Waals surface area contributed by atoms with Crippen molar-refractivity contribution < 1.29 is 18.8 Å². The zero-order chi connectivity index (χ0) is 19.3. The summed E-state index contributed by atoms with van der Waals surface area (Å²) in [5, 5.41) is 6.55. The van der Waals surface area contributed by atoms with Crippen LogP contribution in [0.5, 0.6) is 0 Å². The van der Waals surface area contributed by atoms with Gasteiger partial charge in [0, 0.05) is 6.07 Å². The van der Waals surface area contributed by atoms with E-state index in [1.165, 1.54) is 11.6 Å². The molecular weight excluding hydrogens is 332 g/mol. The molecule has 0 saturated carbocycles. The number of amides is 1. The predicted molar refractivity (Wildman–Crippen MR) is 97.8 cm³/mol. The van der Waals surface area contributed by atoms with E-state index < -0.39 is 5.97 Å². The van der Waals surface area contributed by atoms with Gasteiger partial charge in [0.1, 0.15) is 0 Å². The third-order valence-electron chi connectivity index (χ3n) is 4.11. The second-order valence-corrected chi connectivity index (χ2v) is 7.02. The van der Waals surface area contributed by atoms with Crippen LogP contribution in [-0.4, -0.2) is 23.6 Å². The highest BCUT2D eigenvalue weighted by Gasteiger charge is 2.20. The minimum Gasteiger partial charge on any atom is -0.450 e. The Kier molecular flexibility index (Phi) is 6.55. The van der Waals surface area contributed by atoms with E-state index in [1.54, 1.807) is 6.92 Å². The van der Waals surface area contributed by atoms with E-state index in [0.29, 0.717) is 11.6 Å². The fourth-order valence-corrected chi connectivity index (χ4v) is 2.60. The molecule has 0 radical (unpaired) electrons. The minimum absolute atomic E-state index is 0.0139. The highest BCUT2D eigenvalue weighted by molar-refractivity contribution is 5.88. The van der Waals surface area contributed by atoms with Crippen LogP contribution in [0.4, 0.5) is 0 Å². The normalized spacial score (nSPS) is 12.3. The maximum atomic E-state index is 12.2. The summed E-state index contributed by atoms with van der Waals surface area (Å²) >= 11 is 0. The van der Waals surface area contributed by atoms with E-state index >= 15 is 0 Å². The largest absolute Gasteiger partial charge is 0.450 e. The minimum atomic E-state index is -0.705. The predicted octanol–water partition coefficient (Wildman–Crippen LogP) is 3.78. The van der Waals surface area contributed by atoms with Crippen molar-refractivity contribution in [2.75, 3.05) is 6.61 Å². The van der Waals surface area contributed by atoms with Crippen molar-refractivity contribution in [2.24, 2.45) is 5.92 Å². The number of esters is 1. The van der Waals surface area contributed by atoms with E-state index in [0.717, 1.165) is 5.56 Å². The monoisotopic (exact) mass is 358 g/mol. The summed E-state index contributed by atoms with van der Waals surface area (Å²) in [4.78, 5) is 24.0. The average Bonchev–Trinajstić information content (AvgIpc) is 3.04. The first-order valence-corrected chi connectivity index (χ1v) is 8.77. The molecule has 0 aliphatic heterocycles. The maximum Gasteiger partial charge on any atom is 0.377 e. The van der Waals surface area contributed by atoms with Gasteiger partial charge >= 0.3 is 5.97 Å². The van der Waals surface area contributed by atoms with Gasteiger partial charge in [-0.1, -0.05) is 57.1 Å². The molecule has 2 aromatic rings. The van der Waals surface area contributed by atoms with Gasteiger partial charge in [0.2, 0.25) is 5.76 Å². The molecule has 140 valence electrons. The van der Waals surface area contributed by atoms with Gasteiger partial charge in [-0.2, -0.15) is 0 Å². The lowest BCUT2D eigenvalue weighted by Gasteiger charge is -2.23. The van der Waals surface area contributed by atoms with Gasteiger partial charge in [-0.15, -0.1) is 0 Å². The lowest BCUT2D eigenvalue weighted by atomic mass is 9.93. The van der Waals surface area contributed by atoms with Crippen molar-refractivity contribution in [3.8, 4) is 0 Å². The van der Waals surface area contributed by atoms with Crippen LogP contribution in [0.25, 0.3) is 0 Å². The Bertz CT molecular complexity index is 747. The lowest BCUT2D eigenvalue weighted by molar-refractivity contribution is -0.125. The molecule has 1 atom stereocenters. The number of nitrogens with zero attached hydrogens (tertiary/aromatic N) is 1. The zero-order valence-electron chi connectivity index (χ0n) is 15.9. The molecule has 6 heteroatoms. The summed E-state index contributed by atoms with van der Waals surface area (Å²) in [5.41, 5.74) is 2.85. The number of rotatable bonds is 7. The second kappa shape index (κ2) is 8.65. The van der Waals surface area contributed by atoms with Crippen LogP contribution in [0.3, 0.4) is 0 Å². The number of nitrogens with one attached hydrogen (secondary N) is 1. The van der Waals surface area contributed by atoms with Gasteiger partial charge in [0.15, 0.2) is 6.61 Å². The number of ether oxygens (including phenoxy) is 1. The summed E-state index contributed by atoms with van der Waals surface area (Å²) in [7, 11) is 0. The molecule has 0 saturated heterocycles. The van der Waals surface area contributed by atoms with Crippen molar-refractivity contribution >= 4 is 11.9 Å². The van der Waals surface area contributed by atoms with E-state index in [1.807, 2.05) is 26.0 Å². The van der Waals surface area contributed by atoms with Crippen molar-refractivity contribution in [3.05, 3.63) is 52.9 Å². The van der Waals surface area contributed by atoms with Crippen molar-refractivity contribution in [3.63, 3.8) is 0 Å². The summed E-state index contributed by atoms with van der Waals surface area (Å²) in [5.74, 6) is -0.434. The molecule has 0 bridgehead atoms. The van der Waals surface area contributed by atoms with Crippen LogP contribution in [-0.2, 0) is 9.53 Å². The quantitative estimate of drug-likeness (QED) is 0.762. The fourth-order valence-electron chi connectivity index (χ4n) is 2.60. The average molecular weight is 358 g/mol. The van der Waals surface area contributed by atoms with Crippen LogP contribution < -0.4 is 5.32 Å². The van der Waals surface area contributed by atoms with E-state index in [4.69, 9.17) is 9.26 Å². The number of aryl methyl sites for hydroxylation is 1. The first-order valence-electron chi connectivity index (χ1n) is 8.77. The first kappa shape index (κ1) is 19.7. The van der Waals surface area contributed by atoms with Gasteiger partial charge in [-0.05, 0) is 29.9 Å². The van der Waals surface area contributed by atoms with E-state index in [2.05, 4.69) is 36.5 Å². The number of carbonyl (C=O) groups excluding carboxylic acids is 2. The summed E-state index contributed by atoms with van der Waals surface area (Å²) in [6, 6.07) is 9.53. The number of hydrogen-bond acceptors (Lipinski definition) is 5. The third kappa shape index (κ3) is 5.18. The highest BCUT2D eigenvalue weighted by atomic mass is 16.6. The van der Waals surface area contributed by atoms with Gasteiger partial charge in [0.05, 0.1) is 11.7 Å². The molecule has 0 aliphatic rings. The Morgan fingerprint density at radius 3 is 2.23 bits per heavy atom. The Morgan fingerprint density at radius 2 is 1.73 bits per heavy atom. The number of carbonyl (C=O) groups is 2. The molecule has 1 amide bonds. The van der Waals surface area contributed by atoms with E-state index in [-0.39, 0.29) is 30.2 Å². The molecule has 6 nitrogen and oxygen atoms in total. The molecule has 0 unspecified atom stereocenters. The Labute approximate surface area is 153 Å². The SMILES string of the molecule is Cc1cc(C(=O)OCC(=O)N[C@H](c2ccc(C(C)C)cc2)C(C)C)on1. The fraction of sp³-hybridized carbons (Fsp3) is 0.450. The molecule has 2 rings (SSSR count). The third-order valence-corrected chi connectivity index (χ3v) is 4.11. The standard InChI is InChI=1S/C20H26N2O4/c1-12(2)15-6-8-16(9-7-15)19(13(3)4)21-18(23)11-25-20(24)17-10-14(5)22-26-17/h6-10,12-13,19H,11H2,1-5H3,(H,21,23)/t19-/m0/s1. The summed E-state index contributed by atoms with van der Waals surface area (Å²) in [6.07, 6.45) is 0. The molecule has 0 spiro atoms. The first-order chi connectivity index (χ1) is 12.3. The summed E-state index contributed by atoms with van der Waals surface area (Å²) < 4.78 is 9.81. The molecule has 26 heavy (non-hydrogen) atoms. The number of hydrogen-bond donors (Lipinski definition) is 1. The topological polar surface area (TPSA) is 81.4 Å². The van der Waals surface area contributed by atoms with Gasteiger partial charge < -0.3 is 14.6 Å². The Morgan fingerprint density at radius 1 is 1.12 bits per heavy atom. The van der Waals surface area contributed by atoms with Gasteiger partial charge in [-0.25, -0.2) is 4.79 Å². The Balaban J connectivity index is 1.96.